The Hall–Kier alpha value is -5.30. The number of anilines is 3. The number of benzene rings is 2. The topological polar surface area (TPSA) is 167 Å². The average Bonchev–Trinajstić information content (AvgIpc) is 3.68. The molecule has 0 radical (unpaired) electrons. The largest absolute Gasteiger partial charge is 0.475 e. The van der Waals surface area contributed by atoms with E-state index in [0.717, 1.165) is 30.0 Å². The zero-order valence-electron chi connectivity index (χ0n) is 29.0. The summed E-state index contributed by atoms with van der Waals surface area (Å²) in [5.74, 6) is 0.849. The Morgan fingerprint density at radius 3 is 2.38 bits per heavy atom. The molecule has 1 unspecified atom stereocenters. The summed E-state index contributed by atoms with van der Waals surface area (Å²) in [6.07, 6.45) is 4.52. The second-order valence-corrected chi connectivity index (χ2v) is 13.5. The number of hydrogen-bond acceptors (Lipinski definition) is 9. The number of pyridine rings is 1. The summed E-state index contributed by atoms with van der Waals surface area (Å²) in [5, 5.41) is 19.7. The van der Waals surface area contributed by atoms with Crippen LogP contribution in [-0.2, 0) is 9.59 Å². The van der Waals surface area contributed by atoms with E-state index in [1.165, 1.54) is 6.34 Å². The Morgan fingerprint density at radius 1 is 1.00 bits per heavy atom. The second kappa shape index (κ2) is 14.7. The van der Waals surface area contributed by atoms with Crippen molar-refractivity contribution in [3.63, 3.8) is 0 Å². The number of rotatable bonds is 10. The van der Waals surface area contributed by atoms with Crippen molar-refractivity contribution in [3.05, 3.63) is 77.5 Å². The minimum absolute atomic E-state index is 0.000829. The van der Waals surface area contributed by atoms with E-state index < -0.39 is 5.41 Å². The molecule has 0 aliphatic carbocycles. The van der Waals surface area contributed by atoms with Gasteiger partial charge in [-0.25, -0.2) is 9.98 Å². The predicted molar refractivity (Wildman–Crippen MR) is 197 cm³/mol. The third-order valence-corrected chi connectivity index (χ3v) is 9.76. The van der Waals surface area contributed by atoms with Crippen LogP contribution < -0.4 is 25.6 Å². The summed E-state index contributed by atoms with van der Waals surface area (Å²) in [5.41, 5.74) is 10.2. The molecule has 262 valence electrons. The van der Waals surface area contributed by atoms with Gasteiger partial charge in [-0.2, -0.15) is 0 Å². The van der Waals surface area contributed by atoms with Gasteiger partial charge >= 0.3 is 0 Å². The van der Waals surface area contributed by atoms with Crippen molar-refractivity contribution in [1.29, 1.82) is 10.8 Å². The number of hydrogen-bond donors (Lipinski definition) is 4. The second-order valence-electron chi connectivity index (χ2n) is 13.5. The quantitative estimate of drug-likeness (QED) is 0.144. The molecule has 13 heteroatoms. The van der Waals surface area contributed by atoms with Crippen LogP contribution in [0.3, 0.4) is 0 Å². The summed E-state index contributed by atoms with van der Waals surface area (Å²) in [4.78, 5) is 43.8. The number of aromatic nitrogens is 1. The molecular weight excluding hydrogens is 632 g/mol. The Bertz CT molecular complexity index is 1770. The number of carbonyl (C=O) groups excluding carboxylic acids is 2. The summed E-state index contributed by atoms with van der Waals surface area (Å²) in [6, 6.07) is 16.7. The molecule has 0 saturated carbocycles. The third-order valence-electron chi connectivity index (χ3n) is 9.76. The first-order chi connectivity index (χ1) is 24.1. The number of nitrogens with one attached hydrogen (secondary N) is 3. The van der Waals surface area contributed by atoms with Gasteiger partial charge in [0.15, 0.2) is 5.84 Å². The van der Waals surface area contributed by atoms with E-state index in [4.69, 9.17) is 21.3 Å². The zero-order chi connectivity index (χ0) is 35.4. The van der Waals surface area contributed by atoms with Gasteiger partial charge < -0.3 is 30.5 Å². The molecule has 5 N–H and O–H groups in total. The van der Waals surface area contributed by atoms with Gasteiger partial charge in [-0.1, -0.05) is 0 Å². The lowest BCUT2D eigenvalue weighted by Gasteiger charge is -2.37. The normalized spacial score (nSPS) is 19.6. The number of nitrogens with zero attached hydrogens (tertiary/aromatic N) is 6. The van der Waals surface area contributed by atoms with Gasteiger partial charge in [-0.05, 0) is 81.8 Å². The zero-order valence-corrected chi connectivity index (χ0v) is 29.0. The number of piperazine rings is 1. The number of likely N-dealkylation sites (tertiary alicyclic amines) is 1. The minimum Gasteiger partial charge on any atom is -0.475 e. The Kier molecular flexibility index (Phi) is 10.1. The fourth-order valence-corrected chi connectivity index (χ4v) is 7.00. The molecule has 0 bridgehead atoms. The first-order valence-electron chi connectivity index (χ1n) is 17.1. The Labute approximate surface area is 293 Å². The summed E-state index contributed by atoms with van der Waals surface area (Å²) in [6.45, 7) is 8.73. The molecule has 13 nitrogen and oxygen atoms in total. The number of nitrogen functional groups attached to an aromatic ring is 1. The lowest BCUT2D eigenvalue weighted by Crippen LogP contribution is -2.51. The van der Waals surface area contributed by atoms with E-state index in [-0.39, 0.29) is 29.5 Å². The van der Waals surface area contributed by atoms with E-state index in [9.17, 15) is 9.59 Å². The summed E-state index contributed by atoms with van der Waals surface area (Å²) in [7, 11) is 1.74. The fourth-order valence-electron chi connectivity index (χ4n) is 7.00. The average molecular weight is 679 g/mol. The number of aliphatic imine (C=N–C) groups is 1. The van der Waals surface area contributed by atoms with E-state index in [0.29, 0.717) is 74.8 Å². The number of ether oxygens (including phenoxy) is 1. The molecule has 4 heterocycles. The molecule has 3 saturated heterocycles. The van der Waals surface area contributed by atoms with Crippen molar-refractivity contribution in [2.24, 2.45) is 10.4 Å². The van der Waals surface area contributed by atoms with E-state index in [1.54, 1.807) is 31.4 Å². The van der Waals surface area contributed by atoms with Crippen molar-refractivity contribution < 1.29 is 14.3 Å². The molecule has 2 amide bonds. The molecular formula is C37H46N10O3. The van der Waals surface area contributed by atoms with Crippen LogP contribution in [0.5, 0.6) is 5.88 Å². The fraction of sp³-hybridized carbons (Fsp3) is 0.405. The van der Waals surface area contributed by atoms with Crippen LogP contribution in [-0.4, -0.2) is 110 Å². The molecule has 3 aromatic rings. The molecule has 2 aromatic carbocycles. The van der Waals surface area contributed by atoms with Crippen LogP contribution >= 0.6 is 0 Å². The van der Waals surface area contributed by atoms with Crippen LogP contribution in [0, 0.1) is 16.2 Å². The van der Waals surface area contributed by atoms with Gasteiger partial charge in [-0.3, -0.25) is 25.3 Å². The van der Waals surface area contributed by atoms with Gasteiger partial charge in [0.1, 0.15) is 0 Å². The number of amidine groups is 1. The third kappa shape index (κ3) is 7.32. The maximum atomic E-state index is 14.0. The maximum Gasteiger partial charge on any atom is 0.236 e. The number of nitrogens with two attached hydrogens (primary N) is 1. The number of amides is 2. The summed E-state index contributed by atoms with van der Waals surface area (Å²) < 4.78 is 5.63. The lowest BCUT2D eigenvalue weighted by atomic mass is 9.85. The standard InChI is InChI=1S/C37H46N10O3/c1-25(2)50-32-11-6-27(21-42-32)34(39)30-20-29(9-10-31(30)38)47-15-13-37(36(47)49)12-14-44(23-37)22-33(48)46-18-16-45(17-19-46)28-7-4-26(5-8-28)35(40)43-24-41-3/h4-11,20-21,24-25,39H,12-19,22-23,38H2,1-3H3,(H2,40,41,43). The number of carbonyl (C=O) groups is 2. The first-order valence-corrected chi connectivity index (χ1v) is 17.1. The van der Waals surface area contributed by atoms with Crippen LogP contribution in [0.4, 0.5) is 17.1 Å². The highest BCUT2D eigenvalue weighted by molar-refractivity contribution is 6.14. The van der Waals surface area contributed by atoms with Crippen molar-refractivity contribution in [2.75, 3.05) is 74.9 Å². The first kappa shape index (κ1) is 34.6. The van der Waals surface area contributed by atoms with Crippen molar-refractivity contribution in [2.45, 2.75) is 32.8 Å². The van der Waals surface area contributed by atoms with Crippen molar-refractivity contribution in [3.8, 4) is 5.88 Å². The van der Waals surface area contributed by atoms with E-state index in [1.807, 2.05) is 60.0 Å². The van der Waals surface area contributed by atoms with E-state index >= 15 is 0 Å². The van der Waals surface area contributed by atoms with Gasteiger partial charge in [-0.15, -0.1) is 0 Å². The molecule has 1 aromatic heterocycles. The minimum atomic E-state index is -0.523. The van der Waals surface area contributed by atoms with Gasteiger partial charge in [0.25, 0.3) is 0 Å². The van der Waals surface area contributed by atoms with Gasteiger partial charge in [0, 0.05) is 92.3 Å². The van der Waals surface area contributed by atoms with Crippen LogP contribution in [0.15, 0.2) is 65.8 Å². The van der Waals surface area contributed by atoms with Gasteiger partial charge in [0.05, 0.1) is 30.1 Å². The van der Waals surface area contributed by atoms with Crippen molar-refractivity contribution in [1.82, 2.24) is 20.1 Å². The smallest absolute Gasteiger partial charge is 0.236 e. The molecule has 3 aliphatic rings. The molecule has 1 atom stereocenters. The van der Waals surface area contributed by atoms with E-state index in [2.05, 4.69) is 25.1 Å². The Morgan fingerprint density at radius 2 is 1.70 bits per heavy atom. The van der Waals surface area contributed by atoms with Crippen LogP contribution in [0.2, 0.25) is 0 Å². The van der Waals surface area contributed by atoms with Crippen LogP contribution in [0.1, 0.15) is 43.4 Å². The highest BCUT2D eigenvalue weighted by Crippen LogP contribution is 2.43. The molecule has 6 rings (SSSR count). The molecule has 3 aliphatic heterocycles. The summed E-state index contributed by atoms with van der Waals surface area (Å²) >= 11 is 0. The van der Waals surface area contributed by atoms with Crippen molar-refractivity contribution >= 4 is 46.8 Å². The molecule has 3 fully saturated rings. The SMILES string of the molecule is CN/C=N\C(=N)c1ccc(N2CCN(C(=O)CN3CCC4(CCN(c5ccc(N)c(C(=N)c6ccc(OC(C)C)nc6)c5)C4=O)C3)CC2)cc1. The Balaban J connectivity index is 1.02. The van der Waals surface area contributed by atoms with Crippen LogP contribution in [0.25, 0.3) is 0 Å². The lowest BCUT2D eigenvalue weighted by molar-refractivity contribution is -0.133. The highest BCUT2D eigenvalue weighted by Gasteiger charge is 2.51. The predicted octanol–water partition coefficient (Wildman–Crippen LogP) is 3.22. The molecule has 1 spiro atoms. The highest BCUT2D eigenvalue weighted by atomic mass is 16.5. The molecule has 50 heavy (non-hydrogen) atoms. The maximum absolute atomic E-state index is 14.0. The monoisotopic (exact) mass is 678 g/mol. The van der Waals surface area contributed by atoms with Gasteiger partial charge in [0.2, 0.25) is 17.7 Å².